The molecule has 0 atom stereocenters. The number of rotatable bonds is 0. The minimum atomic E-state index is 0. The summed E-state index contributed by atoms with van der Waals surface area (Å²) in [7, 11) is 12.0. The van der Waals surface area contributed by atoms with Gasteiger partial charge in [-0.15, -0.1) is 0 Å². The molecule has 0 radical (unpaired) electrons. The molecule has 0 amide bonds. The van der Waals surface area contributed by atoms with Gasteiger partial charge < -0.3 is 20.8 Å². The molecule has 0 aromatic rings. The monoisotopic (exact) mass is 154 g/mol. The van der Waals surface area contributed by atoms with E-state index >= 15 is 0 Å². The normalized spacial score (nSPS) is 7.20. The van der Waals surface area contributed by atoms with E-state index in [0.717, 1.165) is 0 Å². The van der Waals surface area contributed by atoms with Crippen LogP contribution in [0.1, 0.15) is 0 Å². The standard InChI is InChI=1S/2C3H9N.2H2O/c2*1-4(2)3;;/h2*1-3H3;2*1H2. The van der Waals surface area contributed by atoms with E-state index in [4.69, 9.17) is 0 Å². The minimum Gasteiger partial charge on any atom is -0.412 e. The zero-order valence-electron chi connectivity index (χ0n) is 7.89. The summed E-state index contributed by atoms with van der Waals surface area (Å²) >= 11 is 0. The van der Waals surface area contributed by atoms with E-state index in [9.17, 15) is 0 Å². The van der Waals surface area contributed by atoms with Gasteiger partial charge in [0.1, 0.15) is 0 Å². The summed E-state index contributed by atoms with van der Waals surface area (Å²) in [6, 6.07) is 0. The molecule has 0 spiro atoms. The van der Waals surface area contributed by atoms with Gasteiger partial charge in [-0.2, -0.15) is 0 Å². The molecule has 0 bridgehead atoms. The average molecular weight is 154 g/mol. The maximum atomic E-state index is 2.00. The van der Waals surface area contributed by atoms with Gasteiger partial charge in [-0.3, -0.25) is 0 Å². The van der Waals surface area contributed by atoms with Crippen molar-refractivity contribution in [2.24, 2.45) is 0 Å². The van der Waals surface area contributed by atoms with Gasteiger partial charge in [0.15, 0.2) is 0 Å². The first-order valence-corrected chi connectivity index (χ1v) is 2.68. The van der Waals surface area contributed by atoms with Crippen molar-refractivity contribution < 1.29 is 11.0 Å². The van der Waals surface area contributed by atoms with Gasteiger partial charge in [-0.1, -0.05) is 0 Å². The Kier molecular flexibility index (Phi) is 35.9. The molecule has 68 valence electrons. The van der Waals surface area contributed by atoms with Crippen LogP contribution in [0.3, 0.4) is 0 Å². The molecule has 0 aromatic carbocycles. The van der Waals surface area contributed by atoms with Gasteiger partial charge in [0.05, 0.1) is 0 Å². The summed E-state index contributed by atoms with van der Waals surface area (Å²) in [5, 5.41) is 0. The SMILES string of the molecule is CN(C)C.CN(C)C.O.O. The van der Waals surface area contributed by atoms with Crippen molar-refractivity contribution >= 4 is 0 Å². The predicted molar refractivity (Wildman–Crippen MR) is 46.4 cm³/mol. The van der Waals surface area contributed by atoms with Crippen molar-refractivity contribution in [3.05, 3.63) is 0 Å². The molecule has 4 nitrogen and oxygen atoms in total. The lowest BCUT2D eigenvalue weighted by Crippen LogP contribution is -1.99. The van der Waals surface area contributed by atoms with Crippen LogP contribution >= 0.6 is 0 Å². The Bertz CT molecular complexity index is 29.2. The van der Waals surface area contributed by atoms with Crippen molar-refractivity contribution in [3.63, 3.8) is 0 Å². The lowest BCUT2D eigenvalue weighted by atomic mass is 11.0. The lowest BCUT2D eigenvalue weighted by molar-refractivity contribution is 0.505. The molecule has 0 rings (SSSR count). The molecule has 10 heavy (non-hydrogen) atoms. The Labute approximate surface area is 64.1 Å². The van der Waals surface area contributed by atoms with E-state index in [-0.39, 0.29) is 11.0 Å². The Morgan fingerprint density at radius 2 is 0.500 bits per heavy atom. The molecule has 0 aromatic heterocycles. The van der Waals surface area contributed by atoms with Crippen LogP contribution in [-0.4, -0.2) is 63.0 Å². The minimum absolute atomic E-state index is 0. The molecule has 0 unspecified atom stereocenters. The fraction of sp³-hybridized carbons (Fsp3) is 1.00. The lowest BCUT2D eigenvalue weighted by Gasteiger charge is -1.90. The van der Waals surface area contributed by atoms with E-state index in [1.54, 1.807) is 0 Å². The van der Waals surface area contributed by atoms with Gasteiger partial charge >= 0.3 is 0 Å². The first kappa shape index (κ1) is 22.5. The molecular weight excluding hydrogens is 132 g/mol. The summed E-state index contributed by atoms with van der Waals surface area (Å²) in [4.78, 5) is 4.00. The number of hydrogen-bond donors (Lipinski definition) is 0. The van der Waals surface area contributed by atoms with Crippen molar-refractivity contribution in [1.82, 2.24) is 9.80 Å². The summed E-state index contributed by atoms with van der Waals surface area (Å²) in [6.07, 6.45) is 0. The van der Waals surface area contributed by atoms with Crippen molar-refractivity contribution in [2.45, 2.75) is 0 Å². The molecule has 4 heteroatoms. The average Bonchev–Trinajstić information content (AvgIpc) is 1.25. The molecule has 0 fully saturated rings. The van der Waals surface area contributed by atoms with E-state index in [2.05, 4.69) is 0 Å². The van der Waals surface area contributed by atoms with Crippen LogP contribution < -0.4 is 0 Å². The van der Waals surface area contributed by atoms with Crippen LogP contribution in [0.4, 0.5) is 0 Å². The highest BCUT2D eigenvalue weighted by Crippen LogP contribution is 1.48. The Balaban J connectivity index is -0.0000000300. The predicted octanol–water partition coefficient (Wildman–Crippen LogP) is -1.29. The van der Waals surface area contributed by atoms with Gasteiger partial charge in [-0.25, -0.2) is 0 Å². The van der Waals surface area contributed by atoms with Gasteiger partial charge in [0, 0.05) is 0 Å². The molecule has 0 aliphatic heterocycles. The first-order valence-electron chi connectivity index (χ1n) is 2.68. The molecule has 0 saturated carbocycles. The fourth-order valence-electron chi connectivity index (χ4n) is 0. The first-order chi connectivity index (χ1) is 3.46. The maximum absolute atomic E-state index is 2.00. The summed E-state index contributed by atoms with van der Waals surface area (Å²) < 4.78 is 0. The van der Waals surface area contributed by atoms with Gasteiger partial charge in [-0.05, 0) is 42.3 Å². The van der Waals surface area contributed by atoms with E-state index in [0.29, 0.717) is 0 Å². The second-order valence-corrected chi connectivity index (χ2v) is 2.68. The molecule has 4 N–H and O–H groups in total. The number of hydrogen-bond acceptors (Lipinski definition) is 2. The third-order valence-electron chi connectivity index (χ3n) is 0. The number of nitrogens with zero attached hydrogens (tertiary/aromatic N) is 2. The van der Waals surface area contributed by atoms with Gasteiger partial charge in [0.2, 0.25) is 0 Å². The topological polar surface area (TPSA) is 69.5 Å². The Morgan fingerprint density at radius 1 is 0.500 bits per heavy atom. The zero-order chi connectivity index (χ0) is 7.15. The van der Waals surface area contributed by atoms with Crippen LogP contribution in [0, 0.1) is 0 Å². The van der Waals surface area contributed by atoms with Crippen LogP contribution in [0.2, 0.25) is 0 Å². The smallest absolute Gasteiger partial charge is 0.0140 e. The Morgan fingerprint density at radius 3 is 0.500 bits per heavy atom. The molecule has 0 heterocycles. The summed E-state index contributed by atoms with van der Waals surface area (Å²) in [6.45, 7) is 0. The molecular formula is C6H22N2O2. The highest BCUT2D eigenvalue weighted by molar-refractivity contribution is 4.09. The van der Waals surface area contributed by atoms with Crippen LogP contribution in [0.25, 0.3) is 0 Å². The maximum Gasteiger partial charge on any atom is -0.0140 e. The van der Waals surface area contributed by atoms with E-state index in [1.165, 1.54) is 0 Å². The third-order valence-corrected chi connectivity index (χ3v) is 0. The van der Waals surface area contributed by atoms with Crippen molar-refractivity contribution in [1.29, 1.82) is 0 Å². The quantitative estimate of drug-likeness (QED) is 0.435. The van der Waals surface area contributed by atoms with Crippen molar-refractivity contribution in [3.8, 4) is 0 Å². The molecule has 0 saturated heterocycles. The zero-order valence-corrected chi connectivity index (χ0v) is 7.89. The second kappa shape index (κ2) is 15.9. The van der Waals surface area contributed by atoms with E-state index in [1.807, 2.05) is 52.1 Å². The molecule has 0 aliphatic carbocycles. The highest BCUT2D eigenvalue weighted by Gasteiger charge is 1.58. The van der Waals surface area contributed by atoms with Crippen molar-refractivity contribution in [2.75, 3.05) is 42.3 Å². The Hall–Kier alpha value is -0.160. The van der Waals surface area contributed by atoms with Gasteiger partial charge in [0.25, 0.3) is 0 Å². The third kappa shape index (κ3) is 14300. The van der Waals surface area contributed by atoms with Crippen LogP contribution in [0.15, 0.2) is 0 Å². The largest absolute Gasteiger partial charge is 0.412 e. The second-order valence-electron chi connectivity index (χ2n) is 2.68. The highest BCUT2D eigenvalue weighted by atomic mass is 16.0. The summed E-state index contributed by atoms with van der Waals surface area (Å²) in [5.74, 6) is 0. The van der Waals surface area contributed by atoms with E-state index < -0.39 is 0 Å². The van der Waals surface area contributed by atoms with Crippen LogP contribution in [0.5, 0.6) is 0 Å². The fourth-order valence-corrected chi connectivity index (χ4v) is 0. The van der Waals surface area contributed by atoms with Crippen LogP contribution in [-0.2, 0) is 0 Å². The molecule has 0 aliphatic rings. The summed E-state index contributed by atoms with van der Waals surface area (Å²) in [5.41, 5.74) is 0.